The van der Waals surface area contributed by atoms with E-state index in [0.29, 0.717) is 11.7 Å². The lowest BCUT2D eigenvalue weighted by Crippen LogP contribution is -2.16. The minimum Gasteiger partial charge on any atom is -0.481 e. The molecule has 0 radical (unpaired) electrons. The quantitative estimate of drug-likeness (QED) is 0.528. The second-order valence-electron chi connectivity index (χ2n) is 6.23. The molecule has 0 aromatic heterocycles. The maximum absolute atomic E-state index is 11.9. The van der Waals surface area contributed by atoms with E-state index in [2.05, 4.69) is 13.0 Å². The van der Waals surface area contributed by atoms with E-state index < -0.39 is 5.97 Å². The number of carbonyl (C=O) groups excluding carboxylic acids is 1. The Kier molecular flexibility index (Phi) is 9.04. The Morgan fingerprint density at radius 2 is 1.71 bits per heavy atom. The number of unbranched alkanes of at least 4 members (excludes halogenated alkanes) is 6. The molecule has 0 aliphatic heterocycles. The Morgan fingerprint density at radius 3 is 2.43 bits per heavy atom. The average molecular weight is 294 g/mol. The molecule has 1 N–H and O–H groups in total. The summed E-state index contributed by atoms with van der Waals surface area (Å²) in [6.45, 7) is 2.21. The van der Waals surface area contributed by atoms with Crippen LogP contribution in [0.25, 0.3) is 0 Å². The Labute approximate surface area is 128 Å². The molecular weight excluding hydrogens is 264 g/mol. The number of allylic oxidation sites excluding steroid dienone is 2. The van der Waals surface area contributed by atoms with E-state index in [9.17, 15) is 9.59 Å². The fourth-order valence-electron chi connectivity index (χ4n) is 3.14. The summed E-state index contributed by atoms with van der Waals surface area (Å²) in [5, 5.41) is 8.56. The van der Waals surface area contributed by atoms with Crippen molar-refractivity contribution in [2.75, 3.05) is 0 Å². The highest BCUT2D eigenvalue weighted by molar-refractivity contribution is 5.94. The molecule has 0 aromatic carbocycles. The Morgan fingerprint density at radius 1 is 1.05 bits per heavy atom. The monoisotopic (exact) mass is 294 g/mol. The summed E-state index contributed by atoms with van der Waals surface area (Å²) in [7, 11) is 0. The van der Waals surface area contributed by atoms with Gasteiger partial charge in [-0.25, -0.2) is 0 Å². The van der Waals surface area contributed by atoms with Gasteiger partial charge in [-0.05, 0) is 31.3 Å². The molecule has 0 unspecified atom stereocenters. The van der Waals surface area contributed by atoms with Gasteiger partial charge in [-0.15, -0.1) is 0 Å². The summed E-state index contributed by atoms with van der Waals surface area (Å²) in [5.41, 5.74) is 0. The summed E-state index contributed by atoms with van der Waals surface area (Å²) in [6, 6.07) is 0. The molecule has 0 amide bonds. The van der Waals surface area contributed by atoms with Crippen LogP contribution in [0.1, 0.15) is 77.6 Å². The number of hydrogen-bond acceptors (Lipinski definition) is 2. The standard InChI is InChI=1S/C18H30O3/c1-2-3-7-10-15-13-14-17(19)16(15)11-8-5-4-6-9-12-18(20)21/h13-16H,2-12H2,1H3,(H,20,21)/t15-,16-/m0/s1. The van der Waals surface area contributed by atoms with Crippen molar-refractivity contribution in [3.05, 3.63) is 12.2 Å². The Bertz CT molecular complexity index is 346. The molecule has 0 spiro atoms. The van der Waals surface area contributed by atoms with Gasteiger partial charge in [-0.2, -0.15) is 0 Å². The van der Waals surface area contributed by atoms with Crippen molar-refractivity contribution in [3.8, 4) is 0 Å². The third-order valence-electron chi connectivity index (χ3n) is 4.44. The van der Waals surface area contributed by atoms with Gasteiger partial charge in [-0.1, -0.05) is 57.9 Å². The van der Waals surface area contributed by atoms with E-state index in [0.717, 1.165) is 44.9 Å². The SMILES string of the molecule is CCCCC[C@H]1C=CC(=O)[C@H]1CCCCCCCC(=O)O. The smallest absolute Gasteiger partial charge is 0.303 e. The lowest BCUT2D eigenvalue weighted by atomic mass is 9.86. The van der Waals surface area contributed by atoms with Crippen LogP contribution in [0.2, 0.25) is 0 Å². The van der Waals surface area contributed by atoms with Crippen LogP contribution in [-0.2, 0) is 9.59 Å². The molecule has 0 bridgehead atoms. The first-order valence-corrected chi connectivity index (χ1v) is 8.59. The van der Waals surface area contributed by atoms with Gasteiger partial charge >= 0.3 is 5.97 Å². The van der Waals surface area contributed by atoms with Gasteiger partial charge in [0, 0.05) is 12.3 Å². The third-order valence-corrected chi connectivity index (χ3v) is 4.44. The van der Waals surface area contributed by atoms with Crippen molar-refractivity contribution in [1.29, 1.82) is 0 Å². The van der Waals surface area contributed by atoms with Gasteiger partial charge in [0.25, 0.3) is 0 Å². The molecule has 0 aromatic rings. The van der Waals surface area contributed by atoms with Gasteiger partial charge in [-0.3, -0.25) is 9.59 Å². The van der Waals surface area contributed by atoms with Crippen LogP contribution in [0, 0.1) is 11.8 Å². The topological polar surface area (TPSA) is 54.4 Å². The number of ketones is 1. The molecule has 3 heteroatoms. The van der Waals surface area contributed by atoms with Crippen molar-refractivity contribution in [2.45, 2.75) is 77.6 Å². The first-order chi connectivity index (χ1) is 10.1. The highest BCUT2D eigenvalue weighted by Crippen LogP contribution is 2.31. The molecule has 1 aliphatic rings. The second-order valence-corrected chi connectivity index (χ2v) is 6.23. The van der Waals surface area contributed by atoms with Crippen molar-refractivity contribution in [3.63, 3.8) is 0 Å². The maximum Gasteiger partial charge on any atom is 0.303 e. The van der Waals surface area contributed by atoms with Crippen molar-refractivity contribution in [2.24, 2.45) is 11.8 Å². The zero-order chi connectivity index (χ0) is 15.5. The van der Waals surface area contributed by atoms with Gasteiger partial charge in [0.05, 0.1) is 0 Å². The van der Waals surface area contributed by atoms with E-state index in [4.69, 9.17) is 5.11 Å². The summed E-state index contributed by atoms with van der Waals surface area (Å²) in [6.07, 6.45) is 15.1. The van der Waals surface area contributed by atoms with Crippen LogP contribution in [0.5, 0.6) is 0 Å². The highest BCUT2D eigenvalue weighted by Gasteiger charge is 2.28. The summed E-state index contributed by atoms with van der Waals surface area (Å²) in [4.78, 5) is 22.3. The normalized spacial score (nSPS) is 21.1. The number of carboxylic acids is 1. The van der Waals surface area contributed by atoms with E-state index in [-0.39, 0.29) is 12.3 Å². The third kappa shape index (κ3) is 7.45. The van der Waals surface area contributed by atoms with Gasteiger partial charge in [0.2, 0.25) is 0 Å². The predicted molar refractivity (Wildman–Crippen MR) is 85.2 cm³/mol. The molecule has 21 heavy (non-hydrogen) atoms. The average Bonchev–Trinajstić information content (AvgIpc) is 2.79. The summed E-state index contributed by atoms with van der Waals surface area (Å²) < 4.78 is 0. The molecule has 1 aliphatic carbocycles. The van der Waals surface area contributed by atoms with E-state index in [1.807, 2.05) is 0 Å². The largest absolute Gasteiger partial charge is 0.481 e. The molecule has 120 valence electrons. The second kappa shape index (κ2) is 10.6. The molecule has 0 saturated heterocycles. The molecule has 0 saturated carbocycles. The summed E-state index contributed by atoms with van der Waals surface area (Å²) >= 11 is 0. The van der Waals surface area contributed by atoms with Gasteiger partial charge in [0.1, 0.15) is 0 Å². The van der Waals surface area contributed by atoms with Gasteiger partial charge in [0.15, 0.2) is 5.78 Å². The predicted octanol–water partition coefficient (Wildman–Crippen LogP) is 4.75. The summed E-state index contributed by atoms with van der Waals surface area (Å²) in [5.74, 6) is 0.312. The van der Waals surface area contributed by atoms with Crippen LogP contribution >= 0.6 is 0 Å². The zero-order valence-electron chi connectivity index (χ0n) is 13.4. The first-order valence-electron chi connectivity index (χ1n) is 8.59. The first kappa shape index (κ1) is 17.9. The van der Waals surface area contributed by atoms with Crippen LogP contribution in [0.3, 0.4) is 0 Å². The molecular formula is C18H30O3. The van der Waals surface area contributed by atoms with Crippen LogP contribution in [-0.4, -0.2) is 16.9 Å². The number of carboxylic acid groups (broad SMARTS) is 1. The van der Waals surface area contributed by atoms with E-state index in [1.54, 1.807) is 6.08 Å². The van der Waals surface area contributed by atoms with Crippen molar-refractivity contribution >= 4 is 11.8 Å². The number of rotatable bonds is 12. The number of hydrogen-bond donors (Lipinski definition) is 1. The minimum absolute atomic E-state index is 0.223. The lowest BCUT2D eigenvalue weighted by Gasteiger charge is -2.17. The number of carbonyl (C=O) groups is 2. The number of aliphatic carboxylic acids is 1. The minimum atomic E-state index is -0.701. The molecule has 3 nitrogen and oxygen atoms in total. The molecule has 0 fully saturated rings. The fraction of sp³-hybridized carbons (Fsp3) is 0.778. The van der Waals surface area contributed by atoms with Crippen molar-refractivity contribution in [1.82, 2.24) is 0 Å². The van der Waals surface area contributed by atoms with Gasteiger partial charge < -0.3 is 5.11 Å². The molecule has 2 atom stereocenters. The Balaban J connectivity index is 2.11. The van der Waals surface area contributed by atoms with Crippen molar-refractivity contribution < 1.29 is 14.7 Å². The van der Waals surface area contributed by atoms with E-state index in [1.165, 1.54) is 19.3 Å². The van der Waals surface area contributed by atoms with Crippen LogP contribution in [0.15, 0.2) is 12.2 Å². The molecule has 1 rings (SSSR count). The van der Waals surface area contributed by atoms with Crippen LogP contribution in [0.4, 0.5) is 0 Å². The van der Waals surface area contributed by atoms with Crippen LogP contribution < -0.4 is 0 Å². The highest BCUT2D eigenvalue weighted by atomic mass is 16.4. The van der Waals surface area contributed by atoms with E-state index >= 15 is 0 Å². The zero-order valence-corrected chi connectivity index (χ0v) is 13.4. The fourth-order valence-corrected chi connectivity index (χ4v) is 3.14. The lowest BCUT2D eigenvalue weighted by molar-refractivity contribution is -0.137. The maximum atomic E-state index is 11.9. The molecule has 0 heterocycles. The Hall–Kier alpha value is -1.12.